The van der Waals surface area contributed by atoms with Crippen molar-refractivity contribution in [1.82, 2.24) is 0 Å². The first-order valence-electron chi connectivity index (χ1n) is 6.79. The molecule has 2 aromatic rings. The van der Waals surface area contributed by atoms with Crippen molar-refractivity contribution in [2.45, 2.75) is 19.9 Å². The molecule has 0 atom stereocenters. The number of hydrogen-bond donors (Lipinski definition) is 1. The second-order valence-corrected chi connectivity index (χ2v) is 4.69. The van der Waals surface area contributed by atoms with Gasteiger partial charge in [-0.2, -0.15) is 0 Å². The van der Waals surface area contributed by atoms with Gasteiger partial charge in [-0.3, -0.25) is 4.79 Å². The zero-order chi connectivity index (χ0) is 14.4. The van der Waals surface area contributed by atoms with Gasteiger partial charge in [-0.25, -0.2) is 0 Å². The number of hydrogen-bond acceptors (Lipinski definition) is 2. The molecule has 0 saturated heterocycles. The summed E-state index contributed by atoms with van der Waals surface area (Å²) in [6, 6.07) is 17.9. The molecule has 0 aromatic heterocycles. The average Bonchev–Trinajstić information content (AvgIpc) is 2.46. The van der Waals surface area contributed by atoms with Gasteiger partial charge in [0.05, 0.1) is 6.42 Å². The van der Waals surface area contributed by atoms with E-state index >= 15 is 0 Å². The molecule has 0 unspecified atom stereocenters. The third-order valence-electron chi connectivity index (χ3n) is 3.32. The van der Waals surface area contributed by atoms with E-state index in [0.717, 1.165) is 29.9 Å². The van der Waals surface area contributed by atoms with E-state index in [4.69, 9.17) is 5.11 Å². The average molecular weight is 269 g/mol. The first kappa shape index (κ1) is 14.1. The molecular weight excluding hydrogens is 250 g/mol. The molecule has 0 aliphatic heterocycles. The Morgan fingerprint density at radius 1 is 1.00 bits per heavy atom. The summed E-state index contributed by atoms with van der Waals surface area (Å²) in [4.78, 5) is 13.2. The Morgan fingerprint density at radius 2 is 1.60 bits per heavy atom. The zero-order valence-electron chi connectivity index (χ0n) is 11.6. The number of carboxylic acids is 1. The van der Waals surface area contributed by atoms with Crippen LogP contribution in [-0.4, -0.2) is 17.6 Å². The van der Waals surface area contributed by atoms with Crippen molar-refractivity contribution in [1.29, 1.82) is 0 Å². The molecule has 2 rings (SSSR count). The molecule has 1 N–H and O–H groups in total. The lowest BCUT2D eigenvalue weighted by Crippen LogP contribution is -2.23. The molecule has 3 heteroatoms. The highest BCUT2D eigenvalue weighted by Crippen LogP contribution is 2.19. The highest BCUT2D eigenvalue weighted by molar-refractivity contribution is 5.70. The maximum absolute atomic E-state index is 10.9. The summed E-state index contributed by atoms with van der Waals surface area (Å²) in [7, 11) is 0. The van der Waals surface area contributed by atoms with E-state index in [0.29, 0.717) is 0 Å². The molecule has 0 radical (unpaired) electrons. The highest BCUT2D eigenvalue weighted by Gasteiger charge is 2.10. The van der Waals surface area contributed by atoms with E-state index in [1.165, 1.54) is 0 Å². The lowest BCUT2D eigenvalue weighted by Gasteiger charge is -2.24. The van der Waals surface area contributed by atoms with Crippen LogP contribution in [-0.2, 0) is 17.8 Å². The standard InChI is InChI=1S/C17H19NO2/c1-2-18(16-10-4-3-5-11-16)13-15-9-7-6-8-14(15)12-17(19)20/h3-11H,2,12-13H2,1H3,(H,19,20). The first-order chi connectivity index (χ1) is 9.70. The minimum atomic E-state index is -0.791. The maximum Gasteiger partial charge on any atom is 0.307 e. The summed E-state index contributed by atoms with van der Waals surface area (Å²) in [5.74, 6) is -0.791. The summed E-state index contributed by atoms with van der Waals surface area (Å²) in [6.07, 6.45) is 0.0719. The van der Waals surface area contributed by atoms with Crippen LogP contribution in [0.1, 0.15) is 18.1 Å². The molecular formula is C17H19NO2. The Balaban J connectivity index is 2.22. The van der Waals surface area contributed by atoms with Gasteiger partial charge in [0.2, 0.25) is 0 Å². The fourth-order valence-corrected chi connectivity index (χ4v) is 2.28. The molecule has 0 aliphatic carbocycles. The number of carbonyl (C=O) groups is 1. The summed E-state index contributed by atoms with van der Waals surface area (Å²) < 4.78 is 0. The van der Waals surface area contributed by atoms with Crippen molar-refractivity contribution >= 4 is 11.7 Å². The van der Waals surface area contributed by atoms with E-state index in [-0.39, 0.29) is 6.42 Å². The maximum atomic E-state index is 10.9. The molecule has 0 spiro atoms. The fourth-order valence-electron chi connectivity index (χ4n) is 2.28. The third-order valence-corrected chi connectivity index (χ3v) is 3.32. The third kappa shape index (κ3) is 3.60. The van der Waals surface area contributed by atoms with Crippen LogP contribution in [0, 0.1) is 0 Å². The van der Waals surface area contributed by atoms with Gasteiger partial charge in [0, 0.05) is 18.8 Å². The van der Waals surface area contributed by atoms with Gasteiger partial charge < -0.3 is 10.0 Å². The van der Waals surface area contributed by atoms with E-state index in [9.17, 15) is 4.79 Å². The highest BCUT2D eigenvalue weighted by atomic mass is 16.4. The summed E-state index contributed by atoms with van der Waals surface area (Å²) in [6.45, 7) is 3.71. The number of benzene rings is 2. The van der Waals surface area contributed by atoms with Crippen molar-refractivity contribution < 1.29 is 9.90 Å². The molecule has 3 nitrogen and oxygen atoms in total. The lowest BCUT2D eigenvalue weighted by molar-refractivity contribution is -0.136. The van der Waals surface area contributed by atoms with Crippen molar-refractivity contribution in [3.63, 3.8) is 0 Å². The number of aliphatic carboxylic acids is 1. The number of para-hydroxylation sites is 1. The second-order valence-electron chi connectivity index (χ2n) is 4.69. The number of anilines is 1. The van der Waals surface area contributed by atoms with Crippen LogP contribution >= 0.6 is 0 Å². The molecule has 0 fully saturated rings. The number of nitrogens with zero attached hydrogens (tertiary/aromatic N) is 1. The van der Waals surface area contributed by atoms with Gasteiger partial charge in [0.1, 0.15) is 0 Å². The monoisotopic (exact) mass is 269 g/mol. The summed E-state index contributed by atoms with van der Waals surface area (Å²) in [5, 5.41) is 8.99. The van der Waals surface area contributed by atoms with Crippen LogP contribution in [0.5, 0.6) is 0 Å². The summed E-state index contributed by atoms with van der Waals surface area (Å²) in [5.41, 5.74) is 3.11. The Morgan fingerprint density at radius 3 is 2.20 bits per heavy atom. The molecule has 0 bridgehead atoms. The Kier molecular flexibility index (Phi) is 4.77. The largest absolute Gasteiger partial charge is 0.481 e. The Labute approximate surface area is 119 Å². The normalized spacial score (nSPS) is 10.2. The van der Waals surface area contributed by atoms with Crippen LogP contribution in [0.3, 0.4) is 0 Å². The summed E-state index contributed by atoms with van der Waals surface area (Å²) >= 11 is 0. The van der Waals surface area contributed by atoms with Crippen LogP contribution in [0.4, 0.5) is 5.69 Å². The molecule has 0 amide bonds. The van der Waals surface area contributed by atoms with Crippen LogP contribution in [0.2, 0.25) is 0 Å². The predicted molar refractivity (Wildman–Crippen MR) is 80.9 cm³/mol. The Hall–Kier alpha value is -2.29. The minimum Gasteiger partial charge on any atom is -0.481 e. The molecule has 0 heterocycles. The van der Waals surface area contributed by atoms with Gasteiger partial charge in [0.25, 0.3) is 0 Å². The van der Waals surface area contributed by atoms with E-state index in [1.54, 1.807) is 0 Å². The quantitative estimate of drug-likeness (QED) is 0.874. The van der Waals surface area contributed by atoms with E-state index in [2.05, 4.69) is 24.0 Å². The van der Waals surface area contributed by atoms with Gasteiger partial charge in [0.15, 0.2) is 0 Å². The smallest absolute Gasteiger partial charge is 0.307 e. The van der Waals surface area contributed by atoms with Crippen molar-refractivity contribution in [3.05, 3.63) is 65.7 Å². The molecule has 2 aromatic carbocycles. The SMILES string of the molecule is CCN(Cc1ccccc1CC(=O)O)c1ccccc1. The zero-order valence-corrected chi connectivity index (χ0v) is 11.6. The minimum absolute atomic E-state index is 0.0719. The lowest BCUT2D eigenvalue weighted by atomic mass is 10.0. The first-order valence-corrected chi connectivity index (χ1v) is 6.79. The van der Waals surface area contributed by atoms with E-state index < -0.39 is 5.97 Å². The van der Waals surface area contributed by atoms with Crippen LogP contribution in [0.25, 0.3) is 0 Å². The Bertz CT molecular complexity index is 566. The van der Waals surface area contributed by atoms with Gasteiger partial charge in [-0.1, -0.05) is 42.5 Å². The molecule has 104 valence electrons. The van der Waals surface area contributed by atoms with Gasteiger partial charge in [-0.05, 0) is 30.2 Å². The number of rotatable bonds is 6. The van der Waals surface area contributed by atoms with Crippen LogP contribution in [0.15, 0.2) is 54.6 Å². The second kappa shape index (κ2) is 6.75. The molecule has 0 aliphatic rings. The van der Waals surface area contributed by atoms with Crippen molar-refractivity contribution in [3.8, 4) is 0 Å². The van der Waals surface area contributed by atoms with Gasteiger partial charge >= 0.3 is 5.97 Å². The molecule has 0 saturated carbocycles. The number of carboxylic acid groups (broad SMARTS) is 1. The van der Waals surface area contributed by atoms with Crippen LogP contribution < -0.4 is 4.90 Å². The predicted octanol–water partition coefficient (Wildman–Crippen LogP) is 3.34. The van der Waals surface area contributed by atoms with E-state index in [1.807, 2.05) is 42.5 Å². The van der Waals surface area contributed by atoms with Crippen molar-refractivity contribution in [2.75, 3.05) is 11.4 Å². The topological polar surface area (TPSA) is 40.5 Å². The fraction of sp³-hybridized carbons (Fsp3) is 0.235. The van der Waals surface area contributed by atoms with Gasteiger partial charge in [-0.15, -0.1) is 0 Å². The molecule has 20 heavy (non-hydrogen) atoms. The van der Waals surface area contributed by atoms with Crippen molar-refractivity contribution in [2.24, 2.45) is 0 Å².